The van der Waals surface area contributed by atoms with Crippen molar-refractivity contribution in [2.24, 2.45) is 11.1 Å². The number of hydrogen-bond donors (Lipinski definition) is 2. The molecular weight excluding hydrogens is 232 g/mol. The molecule has 18 heavy (non-hydrogen) atoms. The fourth-order valence-corrected chi connectivity index (χ4v) is 1.52. The van der Waals surface area contributed by atoms with Gasteiger partial charge in [0.15, 0.2) is 0 Å². The Kier molecular flexibility index (Phi) is 4.58. The second-order valence-electron chi connectivity index (χ2n) is 6.26. The van der Waals surface area contributed by atoms with Crippen LogP contribution in [-0.2, 0) is 9.59 Å². The number of nitrogens with two attached hydrogens (primary N) is 1. The molecule has 0 atom stereocenters. The van der Waals surface area contributed by atoms with Crippen molar-refractivity contribution in [1.82, 2.24) is 4.90 Å². The molecule has 3 N–H and O–H groups in total. The third-order valence-corrected chi connectivity index (χ3v) is 3.91. The zero-order chi connectivity index (χ0) is 14.9. The maximum absolute atomic E-state index is 12.6. The lowest BCUT2D eigenvalue weighted by atomic mass is 9.73. The number of amides is 1. The summed E-state index contributed by atoms with van der Waals surface area (Å²) in [5.74, 6) is -1.27. The van der Waals surface area contributed by atoms with Gasteiger partial charge in [0.25, 0.3) is 0 Å². The Labute approximate surface area is 109 Å². The first-order valence-corrected chi connectivity index (χ1v) is 6.14. The molecule has 106 valence electrons. The number of carboxylic acid groups (broad SMARTS) is 1. The molecule has 0 aromatic rings. The van der Waals surface area contributed by atoms with Crippen molar-refractivity contribution in [3.63, 3.8) is 0 Å². The van der Waals surface area contributed by atoms with Crippen LogP contribution in [0.15, 0.2) is 0 Å². The molecule has 0 aromatic carbocycles. The molecule has 0 rings (SSSR count). The topological polar surface area (TPSA) is 83.6 Å². The number of rotatable bonds is 5. The summed E-state index contributed by atoms with van der Waals surface area (Å²) in [6.07, 6.45) is 0. The van der Waals surface area contributed by atoms with E-state index in [0.29, 0.717) is 6.54 Å². The summed E-state index contributed by atoms with van der Waals surface area (Å²) in [5.41, 5.74) is 3.22. The van der Waals surface area contributed by atoms with Gasteiger partial charge in [0.05, 0.1) is 5.41 Å². The van der Waals surface area contributed by atoms with Gasteiger partial charge in [0, 0.05) is 12.1 Å². The molecule has 0 saturated heterocycles. The van der Waals surface area contributed by atoms with Gasteiger partial charge in [-0.3, -0.25) is 4.79 Å². The van der Waals surface area contributed by atoms with Crippen LogP contribution in [-0.4, -0.2) is 39.5 Å². The van der Waals surface area contributed by atoms with Crippen LogP contribution >= 0.6 is 0 Å². The first kappa shape index (κ1) is 16.9. The molecule has 0 aromatic heterocycles. The molecule has 0 fully saturated rings. The molecule has 0 unspecified atom stereocenters. The maximum Gasteiger partial charge on any atom is 0.329 e. The van der Waals surface area contributed by atoms with Gasteiger partial charge in [-0.1, -0.05) is 0 Å². The lowest BCUT2D eigenvalue weighted by molar-refractivity contribution is -0.162. The van der Waals surface area contributed by atoms with E-state index in [4.69, 9.17) is 5.73 Å². The number of aliphatic carboxylic acids is 1. The van der Waals surface area contributed by atoms with Gasteiger partial charge in [0.1, 0.15) is 5.54 Å². The minimum atomic E-state index is -1.24. The van der Waals surface area contributed by atoms with Gasteiger partial charge in [-0.25, -0.2) is 4.79 Å². The number of likely N-dealkylation sites (N-methyl/N-ethyl adjacent to an activating group) is 1. The van der Waals surface area contributed by atoms with E-state index in [1.807, 2.05) is 0 Å². The summed E-state index contributed by atoms with van der Waals surface area (Å²) in [4.78, 5) is 25.2. The Balaban J connectivity index is 5.49. The Morgan fingerprint density at radius 3 is 1.72 bits per heavy atom. The Morgan fingerprint density at radius 1 is 1.11 bits per heavy atom. The highest BCUT2D eigenvalue weighted by Gasteiger charge is 2.47. The van der Waals surface area contributed by atoms with Gasteiger partial charge >= 0.3 is 5.97 Å². The molecule has 0 bridgehead atoms. The Bertz CT molecular complexity index is 341. The van der Waals surface area contributed by atoms with Crippen molar-refractivity contribution in [2.45, 2.75) is 59.5 Å². The van der Waals surface area contributed by atoms with E-state index in [2.05, 4.69) is 0 Å². The number of carboxylic acids is 1. The predicted octanol–water partition coefficient (Wildman–Crippen LogP) is 1.46. The molecule has 0 spiro atoms. The van der Waals surface area contributed by atoms with Crippen LogP contribution < -0.4 is 5.73 Å². The largest absolute Gasteiger partial charge is 0.480 e. The van der Waals surface area contributed by atoms with E-state index in [9.17, 15) is 14.7 Å². The summed E-state index contributed by atoms with van der Waals surface area (Å²) >= 11 is 0. The number of hydrogen-bond acceptors (Lipinski definition) is 3. The van der Waals surface area contributed by atoms with Gasteiger partial charge in [-0.15, -0.1) is 0 Å². The van der Waals surface area contributed by atoms with Crippen LogP contribution in [0.2, 0.25) is 0 Å². The lowest BCUT2D eigenvalue weighted by Gasteiger charge is -2.44. The molecule has 0 aliphatic carbocycles. The number of carbonyl (C=O) groups is 2. The van der Waals surface area contributed by atoms with E-state index in [1.165, 1.54) is 18.7 Å². The summed E-state index contributed by atoms with van der Waals surface area (Å²) in [5, 5.41) is 9.24. The third kappa shape index (κ3) is 2.83. The zero-order valence-electron chi connectivity index (χ0n) is 12.5. The first-order valence-electron chi connectivity index (χ1n) is 6.14. The molecule has 0 radical (unpaired) electrons. The van der Waals surface area contributed by atoms with Crippen molar-refractivity contribution in [3.05, 3.63) is 0 Å². The van der Waals surface area contributed by atoms with Gasteiger partial charge < -0.3 is 15.7 Å². The lowest BCUT2D eigenvalue weighted by Crippen LogP contribution is -2.62. The summed E-state index contributed by atoms with van der Waals surface area (Å²) < 4.78 is 0. The molecule has 0 aliphatic heterocycles. The van der Waals surface area contributed by atoms with E-state index in [-0.39, 0.29) is 5.91 Å². The normalized spacial score (nSPS) is 13.3. The van der Waals surface area contributed by atoms with Crippen LogP contribution in [0.5, 0.6) is 0 Å². The minimum absolute atomic E-state index is 0.245. The van der Waals surface area contributed by atoms with Crippen LogP contribution in [0, 0.1) is 5.41 Å². The van der Waals surface area contributed by atoms with Gasteiger partial charge in [-0.2, -0.15) is 0 Å². The standard InChI is InChI=1S/C13H26N2O3/c1-8-15(12(4,5)10(17)18)9(16)11(2,3)13(6,7)14/h8,14H2,1-7H3,(H,17,18). The van der Waals surface area contributed by atoms with E-state index in [1.54, 1.807) is 34.6 Å². The molecule has 5 heteroatoms. The van der Waals surface area contributed by atoms with Crippen LogP contribution in [0.1, 0.15) is 48.5 Å². The van der Waals surface area contributed by atoms with Crippen molar-refractivity contribution < 1.29 is 14.7 Å². The molecule has 1 amide bonds. The fourth-order valence-electron chi connectivity index (χ4n) is 1.52. The summed E-state index contributed by atoms with van der Waals surface area (Å²) in [6, 6.07) is 0. The highest BCUT2D eigenvalue weighted by Crippen LogP contribution is 2.33. The molecule has 0 heterocycles. The maximum atomic E-state index is 12.6. The molecule has 0 aliphatic rings. The van der Waals surface area contributed by atoms with Crippen LogP contribution in [0.4, 0.5) is 0 Å². The average Bonchev–Trinajstić information content (AvgIpc) is 2.15. The van der Waals surface area contributed by atoms with E-state index < -0.39 is 22.5 Å². The SMILES string of the molecule is CCN(C(=O)C(C)(C)C(C)(C)N)C(C)(C)C(=O)O. The Morgan fingerprint density at radius 2 is 1.50 bits per heavy atom. The van der Waals surface area contributed by atoms with E-state index >= 15 is 0 Å². The first-order chi connectivity index (χ1) is 7.80. The summed E-state index contributed by atoms with van der Waals surface area (Å²) in [6.45, 7) is 12.2. The van der Waals surface area contributed by atoms with Crippen molar-refractivity contribution in [3.8, 4) is 0 Å². The molecule has 0 saturated carbocycles. The molecular formula is C13H26N2O3. The van der Waals surface area contributed by atoms with Gasteiger partial charge in [-0.05, 0) is 48.5 Å². The fraction of sp³-hybridized carbons (Fsp3) is 0.846. The zero-order valence-corrected chi connectivity index (χ0v) is 12.5. The van der Waals surface area contributed by atoms with E-state index in [0.717, 1.165) is 0 Å². The van der Waals surface area contributed by atoms with Crippen LogP contribution in [0.3, 0.4) is 0 Å². The minimum Gasteiger partial charge on any atom is -0.480 e. The van der Waals surface area contributed by atoms with Crippen molar-refractivity contribution >= 4 is 11.9 Å². The van der Waals surface area contributed by atoms with Gasteiger partial charge in [0.2, 0.25) is 5.91 Å². The number of carbonyl (C=O) groups excluding carboxylic acids is 1. The Hall–Kier alpha value is -1.10. The summed E-state index contributed by atoms with van der Waals surface area (Å²) in [7, 11) is 0. The quantitative estimate of drug-likeness (QED) is 0.782. The monoisotopic (exact) mass is 258 g/mol. The number of nitrogens with zero attached hydrogens (tertiary/aromatic N) is 1. The van der Waals surface area contributed by atoms with Crippen molar-refractivity contribution in [2.75, 3.05) is 6.54 Å². The van der Waals surface area contributed by atoms with Crippen LogP contribution in [0.25, 0.3) is 0 Å². The predicted molar refractivity (Wildman–Crippen MR) is 71.1 cm³/mol. The smallest absolute Gasteiger partial charge is 0.329 e. The second-order valence-corrected chi connectivity index (χ2v) is 6.26. The second kappa shape index (κ2) is 4.88. The third-order valence-electron chi connectivity index (χ3n) is 3.91. The highest BCUT2D eigenvalue weighted by atomic mass is 16.4. The average molecular weight is 258 g/mol. The highest BCUT2D eigenvalue weighted by molar-refractivity contribution is 5.90. The molecule has 5 nitrogen and oxygen atoms in total. The van der Waals surface area contributed by atoms with Crippen molar-refractivity contribution in [1.29, 1.82) is 0 Å².